The minimum atomic E-state index is -1.00. The van der Waals surface area contributed by atoms with Crippen molar-refractivity contribution in [3.05, 3.63) is 141 Å². The molecule has 38 heavy (non-hydrogen) atoms. The fourth-order valence-electron chi connectivity index (χ4n) is 5.46. The fraction of sp³-hybridized carbons (Fsp3) is 0.194. The first-order valence-electron chi connectivity index (χ1n) is 12.5. The van der Waals surface area contributed by atoms with Crippen LogP contribution in [0.25, 0.3) is 0 Å². The van der Waals surface area contributed by atoms with Crippen molar-refractivity contribution in [2.45, 2.75) is 30.1 Å². The average molecular weight is 562 g/mol. The summed E-state index contributed by atoms with van der Waals surface area (Å²) < 4.78 is 0. The standard InChI is InChI=1S/C31H30Cl2N4S/c1-30(23-12-16-25(32)17-13-23)28(22-10-6-3-7-11-22)36-29(38)37(30)20-31(35,24-14-18-26(33)19-15-24)27(34)21-8-4-2-5-9-21/h2-19,27-28H,20,34-35H2,1H3,(H,36,38)/t27?,28-,30+,31?/m0/s1. The molecule has 194 valence electrons. The highest BCUT2D eigenvalue weighted by Gasteiger charge is 2.52. The van der Waals surface area contributed by atoms with E-state index in [0.717, 1.165) is 22.3 Å². The Morgan fingerprint density at radius 2 is 1.39 bits per heavy atom. The third-order valence-electron chi connectivity index (χ3n) is 7.71. The summed E-state index contributed by atoms with van der Waals surface area (Å²) in [5.74, 6) is 0. The Kier molecular flexibility index (Phi) is 7.49. The van der Waals surface area contributed by atoms with Crippen LogP contribution in [0.4, 0.5) is 0 Å². The van der Waals surface area contributed by atoms with Gasteiger partial charge in [-0.2, -0.15) is 0 Å². The van der Waals surface area contributed by atoms with Gasteiger partial charge in [-0.3, -0.25) is 0 Å². The second kappa shape index (κ2) is 10.7. The van der Waals surface area contributed by atoms with E-state index in [-0.39, 0.29) is 6.04 Å². The second-order valence-corrected chi connectivity index (χ2v) is 11.2. The van der Waals surface area contributed by atoms with Crippen molar-refractivity contribution in [3.63, 3.8) is 0 Å². The Morgan fingerprint density at radius 3 is 1.97 bits per heavy atom. The predicted octanol–water partition coefficient (Wildman–Crippen LogP) is 6.69. The number of halogens is 2. The molecule has 0 bridgehead atoms. The second-order valence-electron chi connectivity index (χ2n) is 9.97. The van der Waals surface area contributed by atoms with Crippen LogP contribution >= 0.6 is 35.4 Å². The van der Waals surface area contributed by atoms with Gasteiger partial charge in [0.25, 0.3) is 0 Å². The Labute approximate surface area is 239 Å². The van der Waals surface area contributed by atoms with E-state index >= 15 is 0 Å². The van der Waals surface area contributed by atoms with Crippen LogP contribution in [0.2, 0.25) is 10.0 Å². The van der Waals surface area contributed by atoms with Gasteiger partial charge in [0.2, 0.25) is 0 Å². The van der Waals surface area contributed by atoms with Crippen LogP contribution < -0.4 is 16.8 Å². The van der Waals surface area contributed by atoms with E-state index in [0.29, 0.717) is 21.7 Å². The molecule has 1 aliphatic heterocycles. The van der Waals surface area contributed by atoms with Crippen molar-refractivity contribution >= 4 is 40.5 Å². The summed E-state index contributed by atoms with van der Waals surface area (Å²) in [7, 11) is 0. The Morgan fingerprint density at radius 1 is 0.868 bits per heavy atom. The largest absolute Gasteiger partial charge is 0.353 e. The number of nitrogens with one attached hydrogen (secondary N) is 1. The Balaban J connectivity index is 1.65. The molecule has 5 N–H and O–H groups in total. The van der Waals surface area contributed by atoms with E-state index in [2.05, 4.69) is 41.4 Å². The third-order valence-corrected chi connectivity index (χ3v) is 8.55. The predicted molar refractivity (Wildman–Crippen MR) is 161 cm³/mol. The van der Waals surface area contributed by atoms with Crippen molar-refractivity contribution in [1.82, 2.24) is 10.2 Å². The summed E-state index contributed by atoms with van der Waals surface area (Å²) in [6, 6.07) is 35.1. The quantitative estimate of drug-likeness (QED) is 0.219. The highest BCUT2D eigenvalue weighted by atomic mass is 35.5. The first-order valence-corrected chi connectivity index (χ1v) is 13.6. The van der Waals surface area contributed by atoms with Gasteiger partial charge in [0.05, 0.1) is 23.2 Å². The molecule has 4 atom stereocenters. The van der Waals surface area contributed by atoms with E-state index in [1.807, 2.05) is 84.9 Å². The van der Waals surface area contributed by atoms with Crippen molar-refractivity contribution in [1.29, 1.82) is 0 Å². The molecule has 4 nitrogen and oxygen atoms in total. The summed E-state index contributed by atoms with van der Waals surface area (Å²) in [5, 5.41) is 5.52. The first-order chi connectivity index (χ1) is 18.2. The van der Waals surface area contributed by atoms with Gasteiger partial charge in [0.1, 0.15) is 0 Å². The van der Waals surface area contributed by atoms with Gasteiger partial charge in [-0.25, -0.2) is 0 Å². The summed E-state index contributed by atoms with van der Waals surface area (Å²) in [6.45, 7) is 2.55. The average Bonchev–Trinajstić information content (AvgIpc) is 3.20. The zero-order valence-electron chi connectivity index (χ0n) is 21.0. The van der Waals surface area contributed by atoms with Gasteiger partial charge >= 0.3 is 0 Å². The van der Waals surface area contributed by atoms with Gasteiger partial charge in [0, 0.05) is 16.6 Å². The van der Waals surface area contributed by atoms with Crippen LogP contribution in [0, 0.1) is 0 Å². The molecule has 1 heterocycles. The molecule has 4 aromatic carbocycles. The van der Waals surface area contributed by atoms with Gasteiger partial charge in [-0.15, -0.1) is 0 Å². The summed E-state index contributed by atoms with van der Waals surface area (Å²) in [6.07, 6.45) is 0. The normalized spacial score (nSPS) is 21.6. The molecule has 0 saturated carbocycles. The lowest BCUT2D eigenvalue weighted by Crippen LogP contribution is -2.58. The van der Waals surface area contributed by atoms with E-state index < -0.39 is 17.1 Å². The van der Waals surface area contributed by atoms with Gasteiger partial charge < -0.3 is 21.7 Å². The van der Waals surface area contributed by atoms with E-state index in [9.17, 15) is 0 Å². The van der Waals surface area contributed by atoms with Gasteiger partial charge in [-0.05, 0) is 65.7 Å². The van der Waals surface area contributed by atoms with Crippen LogP contribution in [0.15, 0.2) is 109 Å². The molecule has 5 rings (SSSR count). The zero-order chi connectivity index (χ0) is 26.9. The highest BCUT2D eigenvalue weighted by Crippen LogP contribution is 2.47. The molecule has 0 radical (unpaired) electrons. The molecule has 0 amide bonds. The van der Waals surface area contributed by atoms with E-state index in [1.165, 1.54) is 0 Å². The van der Waals surface area contributed by atoms with Gasteiger partial charge in [0.15, 0.2) is 5.11 Å². The maximum Gasteiger partial charge on any atom is 0.170 e. The molecule has 0 spiro atoms. The van der Waals surface area contributed by atoms with Crippen LogP contribution in [-0.4, -0.2) is 16.6 Å². The Bertz CT molecular complexity index is 1400. The lowest BCUT2D eigenvalue weighted by molar-refractivity contribution is 0.143. The van der Waals surface area contributed by atoms with Crippen LogP contribution in [-0.2, 0) is 11.1 Å². The summed E-state index contributed by atoms with van der Waals surface area (Å²) in [4.78, 5) is 2.18. The number of hydrogen-bond acceptors (Lipinski definition) is 3. The monoisotopic (exact) mass is 560 g/mol. The molecule has 2 unspecified atom stereocenters. The summed E-state index contributed by atoms with van der Waals surface area (Å²) >= 11 is 18.5. The van der Waals surface area contributed by atoms with Crippen LogP contribution in [0.3, 0.4) is 0 Å². The van der Waals surface area contributed by atoms with Gasteiger partial charge in [-0.1, -0.05) is 108 Å². The summed E-state index contributed by atoms with van der Waals surface area (Å²) in [5.41, 5.74) is 16.8. The van der Waals surface area contributed by atoms with Crippen LogP contribution in [0.1, 0.15) is 41.3 Å². The van der Waals surface area contributed by atoms with Crippen molar-refractivity contribution in [2.24, 2.45) is 11.5 Å². The topological polar surface area (TPSA) is 67.3 Å². The maximum atomic E-state index is 7.38. The van der Waals surface area contributed by atoms with Crippen LogP contribution in [0.5, 0.6) is 0 Å². The molecule has 1 fully saturated rings. The number of nitrogens with two attached hydrogens (primary N) is 2. The number of thiocarbonyl (C=S) groups is 1. The minimum absolute atomic E-state index is 0.125. The molecule has 4 aromatic rings. The number of hydrogen-bond donors (Lipinski definition) is 3. The van der Waals surface area contributed by atoms with Crippen molar-refractivity contribution in [3.8, 4) is 0 Å². The lowest BCUT2D eigenvalue weighted by Gasteiger charge is -2.46. The maximum absolute atomic E-state index is 7.38. The third kappa shape index (κ3) is 4.81. The lowest BCUT2D eigenvalue weighted by atomic mass is 9.77. The van der Waals surface area contributed by atoms with Crippen molar-refractivity contribution < 1.29 is 0 Å². The fourth-order valence-corrected chi connectivity index (χ4v) is 6.08. The number of nitrogens with zero attached hydrogens (tertiary/aromatic N) is 1. The zero-order valence-corrected chi connectivity index (χ0v) is 23.3. The SMILES string of the molecule is C[C@@]1(c2ccc(Cl)cc2)[C@H](c2ccccc2)NC(=S)N1CC(N)(c1ccc(Cl)cc1)C(N)c1ccccc1. The molecule has 1 aliphatic rings. The van der Waals surface area contributed by atoms with E-state index in [1.54, 1.807) is 0 Å². The smallest absolute Gasteiger partial charge is 0.170 e. The molecular formula is C31H30Cl2N4S. The van der Waals surface area contributed by atoms with Crippen molar-refractivity contribution in [2.75, 3.05) is 6.54 Å². The minimum Gasteiger partial charge on any atom is -0.353 e. The van der Waals surface area contributed by atoms with E-state index in [4.69, 9.17) is 46.9 Å². The molecule has 7 heteroatoms. The Hall–Kier alpha value is -2.93. The highest BCUT2D eigenvalue weighted by molar-refractivity contribution is 7.80. The number of benzene rings is 4. The molecular weight excluding hydrogens is 531 g/mol. The molecule has 0 aliphatic carbocycles. The molecule has 0 aromatic heterocycles. The molecule has 1 saturated heterocycles. The number of rotatable bonds is 7. The first kappa shape index (κ1) is 26.7.